The van der Waals surface area contributed by atoms with Crippen molar-refractivity contribution in [2.45, 2.75) is 13.3 Å². The van der Waals surface area contributed by atoms with Crippen LogP contribution in [0.3, 0.4) is 0 Å². The van der Waals surface area contributed by atoms with Crippen LogP contribution < -0.4 is 4.31 Å². The molecule has 13 heavy (non-hydrogen) atoms. The molecule has 0 aliphatic heterocycles. The van der Waals surface area contributed by atoms with Crippen LogP contribution in [0.25, 0.3) is 0 Å². The highest BCUT2D eigenvalue weighted by Gasteiger charge is 2.07. The Labute approximate surface area is 82.2 Å². The van der Waals surface area contributed by atoms with Gasteiger partial charge in [-0.1, -0.05) is 25.1 Å². The zero-order valence-electron chi connectivity index (χ0n) is 8.28. The molecule has 0 aliphatic carbocycles. The molecule has 0 N–H and O–H groups in total. The maximum absolute atomic E-state index is 11.2. The maximum Gasteiger partial charge on any atom is 0.116 e. The van der Waals surface area contributed by atoms with Crippen molar-refractivity contribution in [1.82, 2.24) is 0 Å². The second kappa shape index (κ2) is 4.42. The van der Waals surface area contributed by atoms with Gasteiger partial charge in [-0.05, 0) is 18.1 Å². The van der Waals surface area contributed by atoms with E-state index in [-0.39, 0.29) is 0 Å². The summed E-state index contributed by atoms with van der Waals surface area (Å²) in [5, 5.41) is 0. The van der Waals surface area contributed by atoms with Crippen LogP contribution >= 0.6 is 0 Å². The van der Waals surface area contributed by atoms with E-state index in [4.69, 9.17) is 0 Å². The number of hydrogen-bond donors (Lipinski definition) is 0. The lowest BCUT2D eigenvalue weighted by molar-refractivity contribution is 0.685. The van der Waals surface area contributed by atoms with E-state index in [0.717, 1.165) is 12.1 Å². The van der Waals surface area contributed by atoms with Gasteiger partial charge in [0.25, 0.3) is 0 Å². The highest BCUT2D eigenvalue weighted by atomic mass is 32.2. The molecule has 2 nitrogen and oxygen atoms in total. The summed E-state index contributed by atoms with van der Waals surface area (Å²) in [6, 6.07) is 8.05. The third kappa shape index (κ3) is 2.31. The molecule has 1 aromatic carbocycles. The SMILES string of the molecule is CCc1ccccc1N(C)S(C)=O. The van der Waals surface area contributed by atoms with Gasteiger partial charge in [-0.15, -0.1) is 0 Å². The van der Waals surface area contributed by atoms with Crippen molar-refractivity contribution in [3.63, 3.8) is 0 Å². The molecule has 0 saturated heterocycles. The minimum Gasteiger partial charge on any atom is -0.295 e. The van der Waals surface area contributed by atoms with Crippen molar-refractivity contribution in [2.24, 2.45) is 0 Å². The van der Waals surface area contributed by atoms with E-state index in [1.165, 1.54) is 5.56 Å². The van der Waals surface area contributed by atoms with Crippen LogP contribution in [0.15, 0.2) is 24.3 Å². The molecular formula is C10H15NOS. The molecule has 1 atom stereocenters. The molecule has 3 heteroatoms. The molecule has 0 aromatic heterocycles. The third-order valence-corrected chi connectivity index (χ3v) is 3.07. The van der Waals surface area contributed by atoms with Crippen LogP contribution in [-0.4, -0.2) is 17.5 Å². The van der Waals surface area contributed by atoms with Gasteiger partial charge in [0.1, 0.15) is 11.0 Å². The van der Waals surface area contributed by atoms with Crippen molar-refractivity contribution in [1.29, 1.82) is 0 Å². The van der Waals surface area contributed by atoms with Crippen molar-refractivity contribution in [2.75, 3.05) is 17.6 Å². The Morgan fingerprint density at radius 3 is 2.54 bits per heavy atom. The van der Waals surface area contributed by atoms with Crippen molar-refractivity contribution in [3.05, 3.63) is 29.8 Å². The monoisotopic (exact) mass is 197 g/mol. The summed E-state index contributed by atoms with van der Waals surface area (Å²) in [5.74, 6) is 0. The van der Waals surface area contributed by atoms with Gasteiger partial charge >= 0.3 is 0 Å². The van der Waals surface area contributed by atoms with Crippen LogP contribution in [0.2, 0.25) is 0 Å². The van der Waals surface area contributed by atoms with Crippen molar-refractivity contribution in [3.8, 4) is 0 Å². The van der Waals surface area contributed by atoms with Crippen LogP contribution in [0.1, 0.15) is 12.5 Å². The van der Waals surface area contributed by atoms with E-state index in [0.29, 0.717) is 0 Å². The summed E-state index contributed by atoms with van der Waals surface area (Å²) < 4.78 is 13.0. The lowest BCUT2D eigenvalue weighted by Crippen LogP contribution is -2.19. The first kappa shape index (κ1) is 10.3. The standard InChI is InChI=1S/C10H15NOS/c1-4-9-7-5-6-8-10(9)11(2)13(3)12/h5-8H,4H2,1-3H3. The van der Waals surface area contributed by atoms with Crippen LogP contribution in [-0.2, 0) is 17.4 Å². The second-order valence-electron chi connectivity index (χ2n) is 2.90. The van der Waals surface area contributed by atoms with Crippen molar-refractivity contribution >= 4 is 16.7 Å². The largest absolute Gasteiger partial charge is 0.295 e. The van der Waals surface area contributed by atoms with E-state index in [1.807, 2.05) is 25.2 Å². The molecule has 0 saturated carbocycles. The Morgan fingerprint density at radius 1 is 1.38 bits per heavy atom. The summed E-state index contributed by atoms with van der Waals surface area (Å²) in [5.41, 5.74) is 2.30. The first-order valence-electron chi connectivity index (χ1n) is 4.32. The average Bonchev–Trinajstić information content (AvgIpc) is 2.16. The Balaban J connectivity index is 3.05. The Morgan fingerprint density at radius 2 is 2.00 bits per heavy atom. The number of hydrogen-bond acceptors (Lipinski definition) is 1. The number of para-hydroxylation sites is 1. The summed E-state index contributed by atoms with van der Waals surface area (Å²) in [4.78, 5) is 0. The van der Waals surface area contributed by atoms with Crippen LogP contribution in [0.5, 0.6) is 0 Å². The lowest BCUT2D eigenvalue weighted by atomic mass is 10.1. The molecule has 1 rings (SSSR count). The number of benzene rings is 1. The highest BCUT2D eigenvalue weighted by Crippen LogP contribution is 2.20. The normalized spacial score (nSPS) is 12.5. The Bertz CT molecular complexity index is 312. The zero-order chi connectivity index (χ0) is 9.84. The molecule has 1 aromatic rings. The van der Waals surface area contributed by atoms with E-state index in [9.17, 15) is 4.21 Å². The first-order valence-corrected chi connectivity index (χ1v) is 5.83. The second-order valence-corrected chi connectivity index (χ2v) is 4.30. The Hall–Kier alpha value is -0.830. The molecule has 72 valence electrons. The highest BCUT2D eigenvalue weighted by molar-refractivity contribution is 7.85. The van der Waals surface area contributed by atoms with Crippen LogP contribution in [0, 0.1) is 0 Å². The molecule has 0 radical (unpaired) electrons. The fourth-order valence-corrected chi connectivity index (χ4v) is 1.71. The third-order valence-electron chi connectivity index (χ3n) is 2.10. The van der Waals surface area contributed by atoms with E-state index in [1.54, 1.807) is 10.6 Å². The average molecular weight is 197 g/mol. The molecule has 0 fully saturated rings. The predicted molar refractivity (Wildman–Crippen MR) is 58.3 cm³/mol. The zero-order valence-corrected chi connectivity index (χ0v) is 9.10. The van der Waals surface area contributed by atoms with E-state index < -0.39 is 11.0 Å². The smallest absolute Gasteiger partial charge is 0.116 e. The first-order chi connectivity index (χ1) is 6.16. The van der Waals surface area contributed by atoms with Gasteiger partial charge in [0, 0.05) is 13.3 Å². The lowest BCUT2D eigenvalue weighted by Gasteiger charge is -2.18. The summed E-state index contributed by atoms with van der Waals surface area (Å²) in [6.07, 6.45) is 2.66. The summed E-state index contributed by atoms with van der Waals surface area (Å²) >= 11 is 0. The van der Waals surface area contributed by atoms with Gasteiger partial charge in [0.15, 0.2) is 0 Å². The van der Waals surface area contributed by atoms with Gasteiger partial charge in [0.05, 0.1) is 5.69 Å². The molecule has 0 spiro atoms. The molecule has 1 unspecified atom stereocenters. The van der Waals surface area contributed by atoms with Gasteiger partial charge in [-0.3, -0.25) is 4.31 Å². The van der Waals surface area contributed by atoms with Gasteiger partial charge in [-0.2, -0.15) is 0 Å². The number of nitrogens with zero attached hydrogens (tertiary/aromatic N) is 1. The minimum absolute atomic E-state index is 0.940. The molecule has 0 aliphatic rings. The fourth-order valence-electron chi connectivity index (χ4n) is 1.26. The molecule has 0 amide bonds. The van der Waals surface area contributed by atoms with E-state index in [2.05, 4.69) is 13.0 Å². The summed E-state index contributed by atoms with van der Waals surface area (Å²) in [7, 11) is 0.912. The number of anilines is 1. The molecular weight excluding hydrogens is 182 g/mol. The van der Waals surface area contributed by atoms with Gasteiger partial charge < -0.3 is 0 Å². The van der Waals surface area contributed by atoms with E-state index >= 15 is 0 Å². The quantitative estimate of drug-likeness (QED) is 0.725. The minimum atomic E-state index is -0.940. The number of rotatable bonds is 3. The topological polar surface area (TPSA) is 20.3 Å². The van der Waals surface area contributed by atoms with Crippen molar-refractivity contribution < 1.29 is 4.21 Å². The number of aryl methyl sites for hydroxylation is 1. The maximum atomic E-state index is 11.2. The Kier molecular flexibility index (Phi) is 3.48. The van der Waals surface area contributed by atoms with Gasteiger partial charge in [0.2, 0.25) is 0 Å². The fraction of sp³-hybridized carbons (Fsp3) is 0.400. The van der Waals surface area contributed by atoms with Crippen LogP contribution in [0.4, 0.5) is 5.69 Å². The molecule has 0 heterocycles. The molecule has 0 bridgehead atoms. The summed E-state index contributed by atoms with van der Waals surface area (Å²) in [6.45, 7) is 2.10. The van der Waals surface area contributed by atoms with Gasteiger partial charge in [-0.25, -0.2) is 4.21 Å². The predicted octanol–water partition coefficient (Wildman–Crippen LogP) is 1.98.